The number of carbonyl (C=O) groups excluding carboxylic acids is 1. The van der Waals surface area contributed by atoms with Crippen molar-refractivity contribution in [1.82, 2.24) is 19.4 Å². The van der Waals surface area contributed by atoms with E-state index in [2.05, 4.69) is 23.7 Å². The van der Waals surface area contributed by atoms with Gasteiger partial charge in [0.25, 0.3) is 0 Å². The smallest absolute Gasteiger partial charge is 0.219 e. The van der Waals surface area contributed by atoms with Gasteiger partial charge in [-0.1, -0.05) is 13.8 Å². The highest BCUT2D eigenvalue weighted by Crippen LogP contribution is 2.13. The van der Waals surface area contributed by atoms with Gasteiger partial charge in [0, 0.05) is 59.2 Å². The Labute approximate surface area is 192 Å². The molecule has 2 heterocycles. The molecule has 1 aliphatic rings. The summed E-state index contributed by atoms with van der Waals surface area (Å²) in [6.45, 7) is 9.76. The molecule has 0 radical (unpaired) electrons. The predicted molar refractivity (Wildman–Crippen MR) is 122 cm³/mol. The molecule has 1 aliphatic heterocycles. The van der Waals surface area contributed by atoms with Gasteiger partial charge in [0.15, 0.2) is 0 Å². The van der Waals surface area contributed by atoms with Crippen molar-refractivity contribution >= 4 is 5.91 Å². The molecule has 0 bridgehead atoms. The number of aliphatic hydroxyl groups is 2. The average molecular weight is 455 g/mol. The summed E-state index contributed by atoms with van der Waals surface area (Å²) in [6, 6.07) is 0. The van der Waals surface area contributed by atoms with E-state index >= 15 is 0 Å². The van der Waals surface area contributed by atoms with Gasteiger partial charge < -0.3 is 29.2 Å². The third-order valence-electron chi connectivity index (χ3n) is 5.92. The number of aromatic nitrogens is 2. The molecule has 0 aromatic carbocycles. The van der Waals surface area contributed by atoms with Gasteiger partial charge in [-0.15, -0.1) is 0 Å². The molecule has 1 saturated heterocycles. The quantitative estimate of drug-likeness (QED) is 0.662. The Morgan fingerprint density at radius 1 is 1.28 bits per heavy atom. The maximum absolute atomic E-state index is 12.4. The van der Waals surface area contributed by atoms with Crippen molar-refractivity contribution in [2.24, 2.45) is 13.0 Å². The first-order valence-corrected chi connectivity index (χ1v) is 11.8. The standard InChI is InChI=1S/C23H42N4O5/c1-18(2)7-14-32-21-15-27(19(3)28)12-11-26(16-22-24-8-10-25(22)4)9-5-6-13-31-17-20(29)23(21)30/h8,10,18,20-21,23,29-30H,5-7,9,11-17H2,1-4H3/t20-,21-,23-/m1/s1. The van der Waals surface area contributed by atoms with E-state index in [0.29, 0.717) is 38.8 Å². The number of nitrogens with zero attached hydrogens (tertiary/aromatic N) is 4. The molecule has 184 valence electrons. The fourth-order valence-corrected chi connectivity index (χ4v) is 3.68. The van der Waals surface area contributed by atoms with Crippen molar-refractivity contribution < 1.29 is 24.5 Å². The first-order valence-electron chi connectivity index (χ1n) is 11.8. The van der Waals surface area contributed by atoms with E-state index in [1.54, 1.807) is 11.1 Å². The molecule has 1 aromatic rings. The van der Waals surface area contributed by atoms with Crippen LogP contribution in [0.2, 0.25) is 0 Å². The largest absolute Gasteiger partial charge is 0.388 e. The lowest BCUT2D eigenvalue weighted by Gasteiger charge is -2.33. The highest BCUT2D eigenvalue weighted by atomic mass is 16.5. The van der Waals surface area contributed by atoms with Crippen molar-refractivity contribution in [3.05, 3.63) is 18.2 Å². The minimum atomic E-state index is -1.13. The third kappa shape index (κ3) is 9.15. The number of hydrogen-bond acceptors (Lipinski definition) is 7. The van der Waals surface area contributed by atoms with Gasteiger partial charge in [-0.2, -0.15) is 0 Å². The molecule has 1 amide bonds. The number of carbonyl (C=O) groups is 1. The number of aliphatic hydroxyl groups excluding tert-OH is 2. The Hall–Kier alpha value is -1.52. The van der Waals surface area contributed by atoms with Crippen LogP contribution in [-0.4, -0.2) is 99.8 Å². The molecule has 32 heavy (non-hydrogen) atoms. The fourth-order valence-electron chi connectivity index (χ4n) is 3.68. The van der Waals surface area contributed by atoms with E-state index in [0.717, 1.165) is 31.6 Å². The number of ether oxygens (including phenoxy) is 2. The SMILES string of the molecule is CC(=O)N1CCN(Cc2nccn2C)CCCCOC[C@@H](O)[C@@H](O)[C@H](OCCC(C)C)C1. The van der Waals surface area contributed by atoms with Crippen LogP contribution in [0.3, 0.4) is 0 Å². The van der Waals surface area contributed by atoms with Gasteiger partial charge in [-0.05, 0) is 31.7 Å². The second-order valence-electron chi connectivity index (χ2n) is 9.13. The second-order valence-corrected chi connectivity index (χ2v) is 9.13. The van der Waals surface area contributed by atoms with Crippen LogP contribution in [0.15, 0.2) is 12.4 Å². The Morgan fingerprint density at radius 2 is 2.06 bits per heavy atom. The minimum Gasteiger partial charge on any atom is -0.388 e. The minimum absolute atomic E-state index is 0.0439. The Morgan fingerprint density at radius 3 is 2.72 bits per heavy atom. The van der Waals surface area contributed by atoms with Gasteiger partial charge in [0.1, 0.15) is 24.1 Å². The van der Waals surface area contributed by atoms with Crippen LogP contribution in [0.4, 0.5) is 0 Å². The number of amides is 1. The number of aryl methyl sites for hydroxylation is 1. The van der Waals surface area contributed by atoms with Crippen LogP contribution in [0.1, 0.15) is 45.9 Å². The lowest BCUT2D eigenvalue weighted by molar-refractivity contribution is -0.140. The molecule has 2 rings (SSSR count). The predicted octanol–water partition coefficient (Wildman–Crippen LogP) is 1.03. The van der Waals surface area contributed by atoms with Gasteiger partial charge in [0.2, 0.25) is 5.91 Å². The normalized spacial score (nSPS) is 25.1. The molecule has 9 nitrogen and oxygen atoms in total. The molecule has 9 heteroatoms. The topological polar surface area (TPSA) is 100 Å². The first-order chi connectivity index (χ1) is 15.3. The molecular formula is C23H42N4O5. The summed E-state index contributed by atoms with van der Waals surface area (Å²) in [5.41, 5.74) is 0. The second kappa shape index (κ2) is 13.9. The zero-order valence-electron chi connectivity index (χ0n) is 20.2. The summed E-state index contributed by atoms with van der Waals surface area (Å²) in [5, 5.41) is 21.2. The highest BCUT2D eigenvalue weighted by molar-refractivity contribution is 5.73. The molecule has 1 aromatic heterocycles. The highest BCUT2D eigenvalue weighted by Gasteiger charge is 2.30. The van der Waals surface area contributed by atoms with E-state index in [1.807, 2.05) is 17.8 Å². The van der Waals surface area contributed by atoms with Gasteiger partial charge in [0.05, 0.1) is 13.2 Å². The van der Waals surface area contributed by atoms with E-state index in [-0.39, 0.29) is 19.1 Å². The van der Waals surface area contributed by atoms with E-state index in [9.17, 15) is 15.0 Å². The van der Waals surface area contributed by atoms with E-state index in [4.69, 9.17) is 9.47 Å². The zero-order chi connectivity index (χ0) is 23.5. The van der Waals surface area contributed by atoms with Crippen LogP contribution in [0.5, 0.6) is 0 Å². The van der Waals surface area contributed by atoms with Crippen molar-refractivity contribution in [3.8, 4) is 0 Å². The Bertz CT molecular complexity index is 669. The van der Waals surface area contributed by atoms with E-state index < -0.39 is 18.3 Å². The molecule has 0 saturated carbocycles. The van der Waals surface area contributed by atoms with Crippen molar-refractivity contribution in [1.29, 1.82) is 0 Å². The summed E-state index contributed by atoms with van der Waals surface area (Å²) in [7, 11) is 1.98. The summed E-state index contributed by atoms with van der Waals surface area (Å²) < 4.78 is 13.6. The lowest BCUT2D eigenvalue weighted by atomic mass is 10.1. The van der Waals surface area contributed by atoms with E-state index in [1.165, 1.54) is 6.92 Å². The van der Waals surface area contributed by atoms with Gasteiger partial charge >= 0.3 is 0 Å². The molecule has 2 N–H and O–H groups in total. The van der Waals surface area contributed by atoms with Crippen molar-refractivity contribution in [2.75, 3.05) is 46.0 Å². The molecule has 1 fully saturated rings. The summed E-state index contributed by atoms with van der Waals surface area (Å²) in [6.07, 6.45) is 3.48. The van der Waals surface area contributed by atoms with Crippen LogP contribution >= 0.6 is 0 Å². The average Bonchev–Trinajstić information content (AvgIpc) is 3.14. The molecule has 0 spiro atoms. The fraction of sp³-hybridized carbons (Fsp3) is 0.826. The summed E-state index contributed by atoms with van der Waals surface area (Å²) in [5.74, 6) is 1.36. The summed E-state index contributed by atoms with van der Waals surface area (Å²) in [4.78, 5) is 20.8. The third-order valence-corrected chi connectivity index (χ3v) is 5.92. The van der Waals surface area contributed by atoms with Gasteiger partial charge in [-0.3, -0.25) is 9.69 Å². The Balaban J connectivity index is 2.11. The van der Waals surface area contributed by atoms with Crippen molar-refractivity contribution in [3.63, 3.8) is 0 Å². The van der Waals surface area contributed by atoms with Crippen LogP contribution in [0, 0.1) is 5.92 Å². The molecule has 0 aliphatic carbocycles. The number of rotatable bonds is 6. The van der Waals surface area contributed by atoms with Crippen LogP contribution < -0.4 is 0 Å². The monoisotopic (exact) mass is 454 g/mol. The molecule has 0 unspecified atom stereocenters. The molecular weight excluding hydrogens is 412 g/mol. The van der Waals surface area contributed by atoms with Gasteiger partial charge in [-0.25, -0.2) is 4.98 Å². The van der Waals surface area contributed by atoms with Crippen molar-refractivity contribution in [2.45, 2.75) is 64.9 Å². The van der Waals surface area contributed by atoms with Crippen LogP contribution in [-0.2, 0) is 27.9 Å². The summed E-state index contributed by atoms with van der Waals surface area (Å²) >= 11 is 0. The maximum atomic E-state index is 12.4. The lowest BCUT2D eigenvalue weighted by Crippen LogP contribution is -2.50. The maximum Gasteiger partial charge on any atom is 0.219 e. The zero-order valence-corrected chi connectivity index (χ0v) is 20.2. The Kier molecular flexibility index (Phi) is 11.6. The number of imidazole rings is 1. The molecule has 3 atom stereocenters. The first kappa shape index (κ1) is 26.7. The number of hydrogen-bond donors (Lipinski definition) is 2. The van der Waals surface area contributed by atoms with Crippen LogP contribution in [0.25, 0.3) is 0 Å².